The number of ether oxygens (including phenoxy) is 1. The molecule has 0 aromatic heterocycles. The van der Waals surface area contributed by atoms with Gasteiger partial charge in [-0.15, -0.1) is 0 Å². The number of amides is 1. The van der Waals surface area contributed by atoms with Crippen LogP contribution < -0.4 is 5.32 Å². The van der Waals surface area contributed by atoms with E-state index in [-0.39, 0.29) is 36.6 Å². The van der Waals surface area contributed by atoms with Crippen molar-refractivity contribution in [3.8, 4) is 23.0 Å². The van der Waals surface area contributed by atoms with Crippen LogP contribution in [0.1, 0.15) is 45.0 Å². The van der Waals surface area contributed by atoms with Crippen molar-refractivity contribution in [1.29, 1.82) is 0 Å². The quantitative estimate of drug-likeness (QED) is 0.296. The van der Waals surface area contributed by atoms with Crippen LogP contribution in [-0.4, -0.2) is 25.5 Å². The minimum absolute atomic E-state index is 0.0620. The molecule has 0 spiro atoms. The summed E-state index contributed by atoms with van der Waals surface area (Å²) in [5.41, 5.74) is 3.19. The van der Waals surface area contributed by atoms with Crippen LogP contribution in [0.3, 0.4) is 0 Å². The normalized spacial score (nSPS) is 12.2. The predicted octanol–water partition coefficient (Wildman–Crippen LogP) is 5.80. The molecule has 1 aliphatic rings. The van der Waals surface area contributed by atoms with E-state index in [1.54, 1.807) is 0 Å². The summed E-state index contributed by atoms with van der Waals surface area (Å²) in [7, 11) is 0. The number of fused-ring (bicyclic) bond motifs is 3. The first-order chi connectivity index (χ1) is 16.4. The van der Waals surface area contributed by atoms with E-state index in [2.05, 4.69) is 17.2 Å². The molecule has 172 valence electrons. The Bertz CT molecular complexity index is 1240. The number of alkyl carbamates (subject to hydrolysis) is 1. The number of benzene rings is 3. The van der Waals surface area contributed by atoms with Crippen molar-refractivity contribution in [1.82, 2.24) is 5.32 Å². The zero-order valence-corrected chi connectivity index (χ0v) is 18.0. The van der Waals surface area contributed by atoms with E-state index in [9.17, 15) is 22.8 Å². The molecule has 0 aliphatic heterocycles. The standard InChI is InChI=1S/C27H20F3NO3/c28-27(29,30)25-15-18(16-32)12-13-19(25)7-5-6-14-31-26(33)34-17-24-22-10-3-1-8-20(22)21-9-2-4-11-23(21)24/h1-4,8-13,15-16,24H,6,14,17H2,(H,31,33). The summed E-state index contributed by atoms with van der Waals surface area (Å²) >= 11 is 0. The Kier molecular flexibility index (Phi) is 6.69. The van der Waals surface area contributed by atoms with Gasteiger partial charge in [-0.05, 0) is 34.4 Å². The molecule has 0 saturated carbocycles. The molecule has 0 atom stereocenters. The molecule has 0 radical (unpaired) electrons. The van der Waals surface area contributed by atoms with Gasteiger partial charge < -0.3 is 10.1 Å². The van der Waals surface area contributed by atoms with Crippen molar-refractivity contribution >= 4 is 12.4 Å². The Morgan fingerprint density at radius 2 is 1.65 bits per heavy atom. The molecule has 4 rings (SSSR count). The molecule has 3 aromatic carbocycles. The summed E-state index contributed by atoms with van der Waals surface area (Å²) in [6, 6.07) is 19.2. The summed E-state index contributed by atoms with van der Waals surface area (Å²) in [5, 5.41) is 2.57. The molecule has 7 heteroatoms. The van der Waals surface area contributed by atoms with Crippen molar-refractivity contribution in [3.05, 3.63) is 94.5 Å². The third kappa shape index (κ3) is 4.96. The minimum Gasteiger partial charge on any atom is -0.449 e. The third-order valence-corrected chi connectivity index (χ3v) is 5.57. The summed E-state index contributed by atoms with van der Waals surface area (Å²) in [6.45, 7) is 0.293. The molecule has 1 N–H and O–H groups in total. The van der Waals surface area contributed by atoms with Crippen LogP contribution in [0, 0.1) is 11.8 Å². The van der Waals surface area contributed by atoms with Crippen molar-refractivity contribution in [2.75, 3.05) is 13.2 Å². The van der Waals surface area contributed by atoms with Crippen molar-refractivity contribution in [3.63, 3.8) is 0 Å². The monoisotopic (exact) mass is 463 g/mol. The lowest BCUT2D eigenvalue weighted by atomic mass is 9.98. The van der Waals surface area contributed by atoms with Gasteiger partial charge in [0.25, 0.3) is 0 Å². The Balaban J connectivity index is 1.32. The summed E-state index contributed by atoms with van der Waals surface area (Å²) in [6.07, 6.45) is -4.75. The molecule has 1 amide bonds. The van der Waals surface area contributed by atoms with Gasteiger partial charge in [0, 0.05) is 30.0 Å². The Morgan fingerprint density at radius 1 is 1.00 bits per heavy atom. The van der Waals surface area contributed by atoms with E-state index in [1.165, 1.54) is 12.1 Å². The smallest absolute Gasteiger partial charge is 0.417 e. The molecule has 1 aliphatic carbocycles. The molecule has 0 fully saturated rings. The highest BCUT2D eigenvalue weighted by Crippen LogP contribution is 2.44. The Hall–Kier alpha value is -4.05. The third-order valence-electron chi connectivity index (χ3n) is 5.57. The second-order valence-corrected chi connectivity index (χ2v) is 7.72. The van der Waals surface area contributed by atoms with Gasteiger partial charge in [-0.25, -0.2) is 4.79 Å². The number of carbonyl (C=O) groups excluding carboxylic acids is 2. The fraction of sp³-hybridized carbons (Fsp3) is 0.185. The highest BCUT2D eigenvalue weighted by Gasteiger charge is 2.33. The predicted molar refractivity (Wildman–Crippen MR) is 121 cm³/mol. The van der Waals surface area contributed by atoms with Gasteiger partial charge in [-0.2, -0.15) is 13.2 Å². The maximum Gasteiger partial charge on any atom is 0.417 e. The van der Waals surface area contributed by atoms with E-state index in [1.807, 2.05) is 48.5 Å². The van der Waals surface area contributed by atoms with Gasteiger partial charge in [0.05, 0.1) is 5.56 Å². The molecule has 0 unspecified atom stereocenters. The molecule has 0 heterocycles. The first-order valence-electron chi connectivity index (χ1n) is 10.6. The second-order valence-electron chi connectivity index (χ2n) is 7.72. The lowest BCUT2D eigenvalue weighted by molar-refractivity contribution is -0.137. The Labute approximate surface area is 194 Å². The van der Waals surface area contributed by atoms with E-state index < -0.39 is 17.8 Å². The molecule has 0 bridgehead atoms. The average Bonchev–Trinajstić information content (AvgIpc) is 3.15. The number of halogens is 3. The number of hydrogen-bond donors (Lipinski definition) is 1. The minimum atomic E-state index is -4.62. The number of alkyl halides is 3. The molecule has 34 heavy (non-hydrogen) atoms. The van der Waals surface area contributed by atoms with E-state index in [0.717, 1.165) is 28.3 Å². The summed E-state index contributed by atoms with van der Waals surface area (Å²) in [5.74, 6) is 5.03. The van der Waals surface area contributed by atoms with Crippen LogP contribution in [0.5, 0.6) is 0 Å². The SMILES string of the molecule is O=Cc1ccc(C#CCCNC(=O)OCC2c3ccccc3-c3ccccc32)c(C(F)(F)F)c1. The molecular weight excluding hydrogens is 443 g/mol. The number of carbonyl (C=O) groups is 2. The van der Waals surface area contributed by atoms with Gasteiger partial charge in [-0.1, -0.05) is 66.4 Å². The van der Waals surface area contributed by atoms with Crippen molar-refractivity contribution in [2.45, 2.75) is 18.5 Å². The molecule has 4 nitrogen and oxygen atoms in total. The number of rotatable bonds is 5. The fourth-order valence-corrected chi connectivity index (χ4v) is 4.01. The van der Waals surface area contributed by atoms with Crippen LogP contribution in [-0.2, 0) is 10.9 Å². The zero-order valence-electron chi connectivity index (χ0n) is 18.0. The summed E-state index contributed by atoms with van der Waals surface area (Å²) < 4.78 is 45.0. The van der Waals surface area contributed by atoms with Crippen LogP contribution in [0.2, 0.25) is 0 Å². The van der Waals surface area contributed by atoms with Crippen LogP contribution in [0.4, 0.5) is 18.0 Å². The van der Waals surface area contributed by atoms with Crippen LogP contribution in [0.25, 0.3) is 11.1 Å². The van der Waals surface area contributed by atoms with Gasteiger partial charge in [0.1, 0.15) is 12.9 Å². The lowest BCUT2D eigenvalue weighted by Crippen LogP contribution is -2.26. The van der Waals surface area contributed by atoms with Gasteiger partial charge in [0.15, 0.2) is 0 Å². The van der Waals surface area contributed by atoms with Crippen LogP contribution in [0.15, 0.2) is 66.7 Å². The number of nitrogens with one attached hydrogen (secondary N) is 1. The first-order valence-corrected chi connectivity index (χ1v) is 10.6. The molecule has 3 aromatic rings. The topological polar surface area (TPSA) is 55.4 Å². The van der Waals surface area contributed by atoms with Gasteiger partial charge in [-0.3, -0.25) is 4.79 Å². The zero-order chi connectivity index (χ0) is 24.1. The molecule has 0 saturated heterocycles. The molecular formula is C27H20F3NO3. The summed E-state index contributed by atoms with van der Waals surface area (Å²) in [4.78, 5) is 22.9. The first kappa shape index (κ1) is 23.1. The highest BCUT2D eigenvalue weighted by atomic mass is 19.4. The average molecular weight is 463 g/mol. The van der Waals surface area contributed by atoms with Crippen LogP contribution >= 0.6 is 0 Å². The largest absolute Gasteiger partial charge is 0.449 e. The van der Waals surface area contributed by atoms with E-state index in [4.69, 9.17) is 4.74 Å². The number of hydrogen-bond acceptors (Lipinski definition) is 3. The van der Waals surface area contributed by atoms with Crippen molar-refractivity contribution < 1.29 is 27.5 Å². The Morgan fingerprint density at radius 3 is 2.26 bits per heavy atom. The second kappa shape index (κ2) is 9.84. The lowest BCUT2D eigenvalue weighted by Gasteiger charge is -2.14. The van der Waals surface area contributed by atoms with Crippen molar-refractivity contribution in [2.24, 2.45) is 0 Å². The maximum atomic E-state index is 13.2. The fourth-order valence-electron chi connectivity index (χ4n) is 4.01. The van der Waals surface area contributed by atoms with Gasteiger partial charge >= 0.3 is 12.3 Å². The maximum absolute atomic E-state index is 13.2. The number of aldehydes is 1. The van der Waals surface area contributed by atoms with Gasteiger partial charge in [0.2, 0.25) is 0 Å². The van der Waals surface area contributed by atoms with E-state index in [0.29, 0.717) is 6.29 Å². The van der Waals surface area contributed by atoms with E-state index >= 15 is 0 Å². The highest BCUT2D eigenvalue weighted by molar-refractivity contribution is 5.79.